The van der Waals surface area contributed by atoms with E-state index in [1.54, 1.807) is 0 Å². The molecular weight excluding hydrogens is 314 g/mol. The minimum Gasteiger partial charge on any atom is -0.463 e. The lowest BCUT2D eigenvalue weighted by Gasteiger charge is -2.13. The predicted octanol–water partition coefficient (Wildman–Crippen LogP) is 1.89. The highest BCUT2D eigenvalue weighted by molar-refractivity contribution is 7.86. The van der Waals surface area contributed by atoms with Gasteiger partial charge in [-0.15, -0.1) is 0 Å². The van der Waals surface area contributed by atoms with Crippen molar-refractivity contribution in [1.29, 1.82) is 0 Å². The van der Waals surface area contributed by atoms with Crippen LogP contribution < -0.4 is 0 Å². The number of nitro benzene ring substituents is 1. The van der Waals surface area contributed by atoms with Crippen LogP contribution in [-0.4, -0.2) is 32.0 Å². The van der Waals surface area contributed by atoms with Crippen LogP contribution in [0, 0.1) is 16.0 Å². The number of hydrogen-bond donors (Lipinski definition) is 0. The van der Waals surface area contributed by atoms with Crippen LogP contribution in [0.5, 0.6) is 0 Å². The zero-order valence-corrected chi connectivity index (χ0v) is 13.2. The summed E-state index contributed by atoms with van der Waals surface area (Å²) in [6.45, 7) is 5.09. The Morgan fingerprint density at radius 2 is 1.77 bits per heavy atom. The van der Waals surface area contributed by atoms with Crippen LogP contribution in [-0.2, 0) is 23.8 Å². The maximum absolute atomic E-state index is 12.0. The molecule has 1 aromatic carbocycles. The first-order chi connectivity index (χ1) is 10.1. The lowest BCUT2D eigenvalue weighted by atomic mass is 10.2. The largest absolute Gasteiger partial charge is 0.463 e. The van der Waals surface area contributed by atoms with Crippen molar-refractivity contribution in [2.24, 2.45) is 5.92 Å². The number of carbonyl (C=O) groups is 1. The lowest BCUT2D eigenvalue weighted by molar-refractivity contribution is -0.384. The first kappa shape index (κ1) is 18.1. The van der Waals surface area contributed by atoms with Gasteiger partial charge >= 0.3 is 5.97 Å². The van der Waals surface area contributed by atoms with Crippen molar-refractivity contribution >= 4 is 21.8 Å². The Bertz CT molecular complexity index is 637. The Hall–Kier alpha value is -2.00. The van der Waals surface area contributed by atoms with E-state index in [0.29, 0.717) is 0 Å². The van der Waals surface area contributed by atoms with E-state index in [9.17, 15) is 23.3 Å². The number of nitrogens with zero attached hydrogens (tertiary/aromatic N) is 1. The molecule has 22 heavy (non-hydrogen) atoms. The van der Waals surface area contributed by atoms with Gasteiger partial charge < -0.3 is 4.74 Å². The Kier molecular flexibility index (Phi) is 6.01. The second-order valence-electron chi connectivity index (χ2n) is 4.97. The monoisotopic (exact) mass is 331 g/mol. The average Bonchev–Trinajstić information content (AvgIpc) is 2.44. The summed E-state index contributed by atoms with van der Waals surface area (Å²) in [5.41, 5.74) is -0.247. The van der Waals surface area contributed by atoms with Gasteiger partial charge in [0, 0.05) is 12.1 Å². The van der Waals surface area contributed by atoms with Crippen LogP contribution in [0.25, 0.3) is 0 Å². The Morgan fingerprint density at radius 1 is 1.23 bits per heavy atom. The van der Waals surface area contributed by atoms with E-state index in [1.807, 2.05) is 13.8 Å². The van der Waals surface area contributed by atoms with Crippen LogP contribution in [0.3, 0.4) is 0 Å². The molecule has 0 aliphatic heterocycles. The highest BCUT2D eigenvalue weighted by Gasteiger charge is 2.25. The molecule has 0 saturated carbocycles. The first-order valence-electron chi connectivity index (χ1n) is 6.48. The first-order valence-corrected chi connectivity index (χ1v) is 7.88. The third-order valence-electron chi connectivity index (χ3n) is 2.50. The summed E-state index contributed by atoms with van der Waals surface area (Å²) in [5.74, 6) is -0.679. The Labute approximate surface area is 128 Å². The average molecular weight is 331 g/mol. The maximum atomic E-state index is 12.0. The van der Waals surface area contributed by atoms with Crippen LogP contribution in [0.4, 0.5) is 5.69 Å². The highest BCUT2D eigenvalue weighted by atomic mass is 32.2. The molecule has 0 fully saturated rings. The van der Waals surface area contributed by atoms with Crippen molar-refractivity contribution in [2.75, 3.05) is 6.61 Å². The van der Waals surface area contributed by atoms with Crippen molar-refractivity contribution in [3.63, 3.8) is 0 Å². The molecule has 1 aromatic rings. The van der Waals surface area contributed by atoms with Crippen molar-refractivity contribution in [3.8, 4) is 0 Å². The maximum Gasteiger partial charge on any atom is 0.336 e. The summed E-state index contributed by atoms with van der Waals surface area (Å²) in [6.07, 6.45) is -1.31. The number of benzene rings is 1. The molecule has 8 nitrogen and oxygen atoms in total. The molecule has 0 aromatic heterocycles. The molecule has 0 bridgehead atoms. The van der Waals surface area contributed by atoms with Crippen LogP contribution in [0.1, 0.15) is 20.8 Å². The lowest BCUT2D eigenvalue weighted by Crippen LogP contribution is -2.27. The van der Waals surface area contributed by atoms with Crippen LogP contribution >= 0.6 is 0 Å². The molecule has 0 amide bonds. The predicted molar refractivity (Wildman–Crippen MR) is 76.6 cm³/mol. The van der Waals surface area contributed by atoms with Gasteiger partial charge in [-0.05, 0) is 25.0 Å². The fourth-order valence-electron chi connectivity index (χ4n) is 1.39. The summed E-state index contributed by atoms with van der Waals surface area (Å²) in [5, 5.41) is 10.5. The second kappa shape index (κ2) is 7.32. The molecular formula is C13H17NO7S. The molecule has 0 N–H and O–H groups in total. The third-order valence-corrected chi connectivity index (χ3v) is 3.89. The summed E-state index contributed by atoms with van der Waals surface area (Å²) in [6, 6.07) is 4.16. The number of carbonyl (C=O) groups excluding carboxylic acids is 1. The number of nitro groups is 1. The van der Waals surface area contributed by atoms with E-state index >= 15 is 0 Å². The standard InChI is InChI=1S/C13H17NO7S/c1-9(2)8-20-13(15)10(3)21-22(18,19)12-6-4-11(5-7-12)14(16)17/h4-7,9-10H,8H2,1-3H3/t10-/m1/s1. The molecule has 0 heterocycles. The third kappa shape index (κ3) is 5.08. The van der Waals surface area contributed by atoms with Gasteiger partial charge in [0.25, 0.3) is 15.8 Å². The molecule has 9 heteroatoms. The van der Waals surface area contributed by atoms with E-state index in [2.05, 4.69) is 0 Å². The molecule has 0 aliphatic carbocycles. The van der Waals surface area contributed by atoms with Crippen molar-refractivity contribution in [2.45, 2.75) is 31.8 Å². The molecule has 1 rings (SSSR count). The second-order valence-corrected chi connectivity index (χ2v) is 6.54. The van der Waals surface area contributed by atoms with Gasteiger partial charge in [-0.25, -0.2) is 4.79 Å². The zero-order valence-electron chi connectivity index (χ0n) is 12.4. The minimum absolute atomic E-state index is 0.113. The zero-order chi connectivity index (χ0) is 16.9. The Morgan fingerprint density at radius 3 is 2.23 bits per heavy atom. The number of rotatable bonds is 7. The smallest absolute Gasteiger partial charge is 0.336 e. The fourth-order valence-corrected chi connectivity index (χ4v) is 2.42. The van der Waals surface area contributed by atoms with Gasteiger partial charge in [0.1, 0.15) is 0 Å². The van der Waals surface area contributed by atoms with Crippen LogP contribution in [0.15, 0.2) is 29.2 Å². The van der Waals surface area contributed by atoms with E-state index < -0.39 is 27.1 Å². The molecule has 0 saturated heterocycles. The van der Waals surface area contributed by atoms with E-state index in [1.165, 1.54) is 6.92 Å². The molecule has 0 unspecified atom stereocenters. The van der Waals surface area contributed by atoms with E-state index in [4.69, 9.17) is 8.92 Å². The summed E-state index contributed by atoms with van der Waals surface area (Å²) < 4.78 is 33.6. The van der Waals surface area contributed by atoms with Crippen molar-refractivity contribution in [3.05, 3.63) is 34.4 Å². The van der Waals surface area contributed by atoms with Gasteiger partial charge in [0.2, 0.25) is 0 Å². The van der Waals surface area contributed by atoms with Gasteiger partial charge in [0.15, 0.2) is 6.10 Å². The molecule has 0 aliphatic rings. The number of esters is 1. The fraction of sp³-hybridized carbons (Fsp3) is 0.462. The number of non-ortho nitro benzene ring substituents is 1. The summed E-state index contributed by atoms with van der Waals surface area (Å²) >= 11 is 0. The van der Waals surface area contributed by atoms with Crippen molar-refractivity contribution in [1.82, 2.24) is 0 Å². The normalized spacial score (nSPS) is 12.9. The van der Waals surface area contributed by atoms with Crippen LogP contribution in [0.2, 0.25) is 0 Å². The minimum atomic E-state index is -4.21. The van der Waals surface area contributed by atoms with Crippen molar-refractivity contribution < 1.29 is 27.1 Å². The van der Waals surface area contributed by atoms with E-state index in [0.717, 1.165) is 24.3 Å². The number of ether oxygens (including phenoxy) is 1. The topological polar surface area (TPSA) is 113 Å². The number of hydrogen-bond acceptors (Lipinski definition) is 7. The van der Waals surface area contributed by atoms with Gasteiger partial charge in [-0.2, -0.15) is 8.42 Å². The molecule has 1 atom stereocenters. The van der Waals surface area contributed by atoms with Gasteiger partial charge in [0.05, 0.1) is 16.4 Å². The summed E-state index contributed by atoms with van der Waals surface area (Å²) in [7, 11) is -4.21. The molecule has 0 spiro atoms. The Balaban J connectivity index is 2.78. The molecule has 0 radical (unpaired) electrons. The van der Waals surface area contributed by atoms with E-state index in [-0.39, 0.29) is 23.1 Å². The summed E-state index contributed by atoms with van der Waals surface area (Å²) in [4.78, 5) is 21.2. The van der Waals surface area contributed by atoms with Gasteiger partial charge in [-0.1, -0.05) is 13.8 Å². The quantitative estimate of drug-likeness (QED) is 0.324. The SMILES string of the molecule is CC(C)COC(=O)[C@@H](C)OS(=O)(=O)c1ccc([N+](=O)[O-])cc1. The molecule has 122 valence electrons. The van der Waals surface area contributed by atoms with Gasteiger partial charge in [-0.3, -0.25) is 14.3 Å². The highest BCUT2D eigenvalue weighted by Crippen LogP contribution is 2.19.